The highest BCUT2D eigenvalue weighted by Gasteiger charge is 2.21. The van der Waals surface area contributed by atoms with E-state index in [0.29, 0.717) is 22.7 Å². The molecule has 0 unspecified atom stereocenters. The fraction of sp³-hybridized carbons (Fsp3) is 0.0909. The number of carbonyl (C=O) groups is 1. The minimum atomic E-state index is -0.364. The molecule has 7 heteroatoms. The van der Waals surface area contributed by atoms with Gasteiger partial charge in [-0.15, -0.1) is 0 Å². The lowest BCUT2D eigenvalue weighted by atomic mass is 10.1. The lowest BCUT2D eigenvalue weighted by Crippen LogP contribution is -2.20. The van der Waals surface area contributed by atoms with Crippen molar-refractivity contribution in [2.24, 2.45) is 5.10 Å². The number of aromatic nitrogens is 3. The first kappa shape index (κ1) is 18.4. The lowest BCUT2D eigenvalue weighted by molar-refractivity contribution is 0.0954. The summed E-state index contributed by atoms with van der Waals surface area (Å²) in [7, 11) is 0. The average Bonchev–Trinajstić information content (AvgIpc) is 3.42. The Balaban J connectivity index is 1.52. The van der Waals surface area contributed by atoms with Crippen molar-refractivity contribution in [1.29, 1.82) is 0 Å². The van der Waals surface area contributed by atoms with E-state index in [9.17, 15) is 4.79 Å². The van der Waals surface area contributed by atoms with Crippen molar-refractivity contribution in [3.63, 3.8) is 0 Å². The van der Waals surface area contributed by atoms with Gasteiger partial charge >= 0.3 is 0 Å². The van der Waals surface area contributed by atoms with E-state index in [1.807, 2.05) is 72.3 Å². The van der Waals surface area contributed by atoms with Crippen molar-refractivity contribution in [2.45, 2.75) is 13.8 Å². The van der Waals surface area contributed by atoms with E-state index in [4.69, 9.17) is 4.52 Å². The van der Waals surface area contributed by atoms with Crippen molar-refractivity contribution in [3.8, 4) is 16.9 Å². The fourth-order valence-corrected chi connectivity index (χ4v) is 2.97. The Hall–Kier alpha value is -4.00. The van der Waals surface area contributed by atoms with Crippen molar-refractivity contribution >= 4 is 11.6 Å². The zero-order chi connectivity index (χ0) is 20.2. The molecule has 7 nitrogen and oxygen atoms in total. The Labute approximate surface area is 167 Å². The largest absolute Gasteiger partial charge is 0.360 e. The third-order valence-corrected chi connectivity index (χ3v) is 4.55. The predicted octanol–water partition coefficient (Wildman–Crippen LogP) is 3.99. The van der Waals surface area contributed by atoms with Crippen LogP contribution in [-0.4, -0.2) is 26.3 Å². The number of hydrogen-bond donors (Lipinski definition) is 1. The van der Waals surface area contributed by atoms with Crippen molar-refractivity contribution < 1.29 is 9.32 Å². The molecule has 0 aliphatic carbocycles. The molecule has 2 heterocycles. The van der Waals surface area contributed by atoms with Gasteiger partial charge in [0.1, 0.15) is 17.0 Å². The highest BCUT2D eigenvalue weighted by molar-refractivity contribution is 6.03. The molecule has 4 aromatic rings. The maximum Gasteiger partial charge on any atom is 0.277 e. The molecular weight excluding hydrogens is 366 g/mol. The van der Waals surface area contributed by atoms with E-state index in [2.05, 4.69) is 20.7 Å². The molecule has 0 fully saturated rings. The van der Waals surface area contributed by atoms with Crippen LogP contribution < -0.4 is 5.43 Å². The smallest absolute Gasteiger partial charge is 0.277 e. The Kier molecular flexibility index (Phi) is 5.03. The number of hydrazone groups is 1. The highest BCUT2D eigenvalue weighted by atomic mass is 16.5. The maximum atomic E-state index is 12.7. The molecule has 0 bridgehead atoms. The van der Waals surface area contributed by atoms with Crippen molar-refractivity contribution in [1.82, 2.24) is 20.1 Å². The molecular formula is C22H19N5O2. The first-order valence-electron chi connectivity index (χ1n) is 9.08. The van der Waals surface area contributed by atoms with Gasteiger partial charge in [-0.3, -0.25) is 4.79 Å². The van der Waals surface area contributed by atoms with Crippen LogP contribution in [0.2, 0.25) is 0 Å². The van der Waals surface area contributed by atoms with Crippen LogP contribution in [-0.2, 0) is 0 Å². The fourth-order valence-electron chi connectivity index (χ4n) is 2.97. The zero-order valence-electron chi connectivity index (χ0n) is 16.0. The Morgan fingerprint density at radius 1 is 1.10 bits per heavy atom. The highest BCUT2D eigenvalue weighted by Crippen LogP contribution is 2.24. The summed E-state index contributed by atoms with van der Waals surface area (Å²) in [6.45, 7) is 3.55. The molecule has 0 saturated heterocycles. The van der Waals surface area contributed by atoms with E-state index in [0.717, 1.165) is 16.8 Å². The summed E-state index contributed by atoms with van der Waals surface area (Å²) in [6.07, 6.45) is 5.34. The molecule has 1 N–H and O–H groups in total. The molecule has 144 valence electrons. The number of amides is 1. The first-order chi connectivity index (χ1) is 14.1. The van der Waals surface area contributed by atoms with Crippen molar-refractivity contribution in [2.75, 3.05) is 0 Å². The van der Waals surface area contributed by atoms with Crippen LogP contribution in [0.4, 0.5) is 0 Å². The van der Waals surface area contributed by atoms with E-state index >= 15 is 0 Å². The topological polar surface area (TPSA) is 85.3 Å². The molecule has 0 atom stereocenters. The van der Waals surface area contributed by atoms with Crippen LogP contribution in [0.1, 0.15) is 28.6 Å². The van der Waals surface area contributed by atoms with Crippen LogP contribution in [0, 0.1) is 6.92 Å². The molecule has 2 aromatic heterocycles. The van der Waals surface area contributed by atoms with Gasteiger partial charge in [-0.25, -0.2) is 10.4 Å². The van der Waals surface area contributed by atoms with Gasteiger partial charge in [-0.05, 0) is 31.5 Å². The molecule has 0 saturated carbocycles. The van der Waals surface area contributed by atoms with Crippen LogP contribution >= 0.6 is 0 Å². The summed E-state index contributed by atoms with van der Waals surface area (Å²) in [6, 6.07) is 17.3. The second-order valence-electron chi connectivity index (χ2n) is 6.48. The summed E-state index contributed by atoms with van der Waals surface area (Å²) in [5.74, 6) is 0.0795. The number of imidazole rings is 1. The van der Waals surface area contributed by atoms with E-state index in [-0.39, 0.29) is 5.91 Å². The van der Waals surface area contributed by atoms with E-state index in [1.165, 1.54) is 0 Å². The van der Waals surface area contributed by atoms with E-state index < -0.39 is 0 Å². The summed E-state index contributed by atoms with van der Waals surface area (Å²) in [5.41, 5.74) is 6.88. The van der Waals surface area contributed by atoms with Crippen LogP contribution in [0.25, 0.3) is 16.9 Å². The van der Waals surface area contributed by atoms with Gasteiger partial charge in [0.25, 0.3) is 5.91 Å². The second-order valence-corrected chi connectivity index (χ2v) is 6.48. The van der Waals surface area contributed by atoms with Gasteiger partial charge < -0.3 is 9.09 Å². The van der Waals surface area contributed by atoms with Gasteiger partial charge in [0.15, 0.2) is 0 Å². The van der Waals surface area contributed by atoms with Crippen LogP contribution in [0.3, 0.4) is 0 Å². The van der Waals surface area contributed by atoms with Crippen LogP contribution in [0.5, 0.6) is 0 Å². The molecule has 29 heavy (non-hydrogen) atoms. The molecule has 0 aliphatic heterocycles. The standard InChI is InChI=1S/C22H19N5O2/c1-15(17-8-10-19(11-9-17)27-13-12-23-14-27)24-25-22(28)20-16(2)29-26-21(20)18-6-4-3-5-7-18/h3-14H,1-2H3,(H,25,28). The number of nitrogens with zero attached hydrogens (tertiary/aromatic N) is 4. The predicted molar refractivity (Wildman–Crippen MR) is 110 cm³/mol. The normalized spacial score (nSPS) is 11.4. The molecule has 2 aromatic carbocycles. The Bertz CT molecular complexity index is 1140. The third kappa shape index (κ3) is 3.84. The van der Waals surface area contributed by atoms with E-state index in [1.54, 1.807) is 19.4 Å². The summed E-state index contributed by atoms with van der Waals surface area (Å²) in [4.78, 5) is 16.8. The summed E-state index contributed by atoms with van der Waals surface area (Å²) >= 11 is 0. The van der Waals surface area contributed by atoms with Gasteiger partial charge in [-0.2, -0.15) is 5.10 Å². The number of hydrogen-bond acceptors (Lipinski definition) is 5. The molecule has 0 spiro atoms. The summed E-state index contributed by atoms with van der Waals surface area (Å²) < 4.78 is 7.16. The second kappa shape index (κ2) is 7.93. The summed E-state index contributed by atoms with van der Waals surface area (Å²) in [5, 5.41) is 8.28. The Morgan fingerprint density at radius 3 is 2.55 bits per heavy atom. The molecule has 0 radical (unpaired) electrons. The number of rotatable bonds is 5. The van der Waals surface area contributed by atoms with Gasteiger partial charge in [0, 0.05) is 23.6 Å². The number of nitrogens with one attached hydrogen (secondary N) is 1. The SMILES string of the molecule is CC(=NNC(=O)c1c(-c2ccccc2)noc1C)c1ccc(-n2ccnc2)cc1. The van der Waals surface area contributed by atoms with Gasteiger partial charge in [-0.1, -0.05) is 47.6 Å². The Morgan fingerprint density at radius 2 is 1.86 bits per heavy atom. The number of benzene rings is 2. The van der Waals surface area contributed by atoms with Crippen LogP contribution in [0.15, 0.2) is 82.9 Å². The third-order valence-electron chi connectivity index (χ3n) is 4.55. The van der Waals surface area contributed by atoms with Gasteiger partial charge in [0.2, 0.25) is 0 Å². The molecule has 4 rings (SSSR count). The average molecular weight is 385 g/mol. The zero-order valence-corrected chi connectivity index (χ0v) is 16.0. The minimum Gasteiger partial charge on any atom is -0.360 e. The monoisotopic (exact) mass is 385 g/mol. The minimum absolute atomic E-state index is 0.364. The van der Waals surface area contributed by atoms with Crippen molar-refractivity contribution in [3.05, 3.63) is 90.2 Å². The van der Waals surface area contributed by atoms with Gasteiger partial charge in [0.05, 0.1) is 12.0 Å². The quantitative estimate of drug-likeness (QED) is 0.416. The maximum absolute atomic E-state index is 12.7. The molecule has 1 amide bonds. The molecule has 0 aliphatic rings. The lowest BCUT2D eigenvalue weighted by Gasteiger charge is -2.06. The number of carbonyl (C=O) groups excluding carboxylic acids is 1. The first-order valence-corrected chi connectivity index (χ1v) is 9.08. The number of aryl methyl sites for hydroxylation is 1.